The number of aromatic nitrogens is 3. The molecule has 0 saturated heterocycles. The second kappa shape index (κ2) is 7.36. The van der Waals surface area contributed by atoms with Crippen molar-refractivity contribution in [1.82, 2.24) is 14.8 Å². The molecule has 7 heteroatoms. The van der Waals surface area contributed by atoms with Crippen LogP contribution >= 0.6 is 11.8 Å². The molecule has 0 aliphatic rings. The molecule has 3 rings (SSSR count). The van der Waals surface area contributed by atoms with Crippen molar-refractivity contribution in [1.29, 1.82) is 5.26 Å². The average molecular weight is 351 g/mol. The number of para-hydroxylation sites is 1. The molecular weight excluding hydrogens is 334 g/mol. The number of nitrogens with zero attached hydrogens (tertiary/aromatic N) is 4. The summed E-state index contributed by atoms with van der Waals surface area (Å²) in [5, 5.41) is 17.5. The maximum Gasteiger partial charge on any atom is 0.239 e. The zero-order valence-electron chi connectivity index (χ0n) is 13.9. The van der Waals surface area contributed by atoms with Gasteiger partial charge in [-0.2, -0.15) is 10.4 Å². The topological polar surface area (TPSA) is 83.6 Å². The Balaban J connectivity index is 1.78. The predicted octanol–water partition coefficient (Wildman–Crippen LogP) is 3.35. The van der Waals surface area contributed by atoms with E-state index in [2.05, 4.69) is 15.4 Å². The molecule has 0 aliphatic heterocycles. The third-order valence-electron chi connectivity index (χ3n) is 3.80. The molecule has 6 nitrogen and oxygen atoms in total. The number of carbonyl (C=O) groups is 1. The second-order valence-corrected chi connectivity index (χ2v) is 6.71. The van der Waals surface area contributed by atoms with Crippen LogP contribution in [0.2, 0.25) is 0 Å². The molecule has 126 valence electrons. The lowest BCUT2D eigenvalue weighted by Crippen LogP contribution is -2.26. The molecule has 0 radical (unpaired) electrons. The number of hydrogen-bond acceptors (Lipinski definition) is 5. The van der Waals surface area contributed by atoms with Crippen molar-refractivity contribution >= 4 is 34.4 Å². The quantitative estimate of drug-likeness (QED) is 0.713. The van der Waals surface area contributed by atoms with Crippen molar-refractivity contribution in [3.63, 3.8) is 0 Å². The zero-order valence-corrected chi connectivity index (χ0v) is 14.7. The number of hydrogen-bond donors (Lipinski definition) is 1. The van der Waals surface area contributed by atoms with Crippen LogP contribution in [0.25, 0.3) is 10.9 Å². The maximum absolute atomic E-state index is 12.6. The first-order valence-corrected chi connectivity index (χ1v) is 8.75. The summed E-state index contributed by atoms with van der Waals surface area (Å²) in [6.45, 7) is 1.95. The third kappa shape index (κ3) is 3.64. The Morgan fingerprint density at radius 3 is 2.92 bits per heavy atom. The fourth-order valence-corrected chi connectivity index (χ4v) is 3.37. The van der Waals surface area contributed by atoms with E-state index < -0.39 is 0 Å². The van der Waals surface area contributed by atoms with E-state index >= 15 is 0 Å². The molecule has 2 aromatic heterocycles. The number of aryl methyl sites for hydroxylation is 1. The lowest BCUT2D eigenvalue weighted by Gasteiger charge is -2.14. The largest absolute Gasteiger partial charge is 0.309 e. The number of nitrogens with one attached hydrogen (secondary N) is 1. The van der Waals surface area contributed by atoms with Crippen LogP contribution in [0.15, 0.2) is 47.6 Å². The Hall–Kier alpha value is -2.85. The molecule has 25 heavy (non-hydrogen) atoms. The van der Waals surface area contributed by atoms with Crippen molar-refractivity contribution in [2.24, 2.45) is 7.05 Å². The molecule has 0 saturated carbocycles. The van der Waals surface area contributed by atoms with Gasteiger partial charge >= 0.3 is 0 Å². The van der Waals surface area contributed by atoms with Gasteiger partial charge in [-0.05, 0) is 18.6 Å². The first kappa shape index (κ1) is 17.0. The lowest BCUT2D eigenvalue weighted by atomic mass is 10.2. The fourth-order valence-electron chi connectivity index (χ4n) is 2.45. The van der Waals surface area contributed by atoms with Crippen molar-refractivity contribution in [2.45, 2.75) is 23.6 Å². The van der Waals surface area contributed by atoms with Crippen LogP contribution < -0.4 is 5.32 Å². The smallest absolute Gasteiger partial charge is 0.239 e. The second-order valence-electron chi connectivity index (χ2n) is 5.49. The highest BCUT2D eigenvalue weighted by Gasteiger charge is 2.21. The standard InChI is InChI=1S/C18H17N5OS/c1-3-15(18(24)22-17-13(10-19)11-20-23(17)2)25-16-9-8-12-6-4-5-7-14(12)21-16/h4-9,11,15H,3H2,1-2H3,(H,22,24)/t15-/m0/s1. The average Bonchev–Trinajstić information content (AvgIpc) is 2.99. The minimum absolute atomic E-state index is 0.164. The van der Waals surface area contributed by atoms with E-state index in [1.54, 1.807) is 7.05 Å². The van der Waals surface area contributed by atoms with E-state index in [-0.39, 0.29) is 11.2 Å². The summed E-state index contributed by atoms with van der Waals surface area (Å²) in [5.41, 5.74) is 1.25. The summed E-state index contributed by atoms with van der Waals surface area (Å²) >= 11 is 1.42. The number of thioether (sulfide) groups is 1. The number of carbonyl (C=O) groups excluding carboxylic acids is 1. The lowest BCUT2D eigenvalue weighted by molar-refractivity contribution is -0.115. The van der Waals surface area contributed by atoms with Crippen LogP contribution in [0.4, 0.5) is 5.82 Å². The molecule has 0 fully saturated rings. The Morgan fingerprint density at radius 2 is 2.16 bits per heavy atom. The normalized spacial score (nSPS) is 11.9. The summed E-state index contributed by atoms with van der Waals surface area (Å²) < 4.78 is 1.49. The fraction of sp³-hybridized carbons (Fsp3) is 0.222. The van der Waals surface area contributed by atoms with Gasteiger partial charge < -0.3 is 5.32 Å². The van der Waals surface area contributed by atoms with Gasteiger partial charge in [0.2, 0.25) is 5.91 Å². The van der Waals surface area contributed by atoms with Crippen molar-refractivity contribution in [3.8, 4) is 6.07 Å². The van der Waals surface area contributed by atoms with Crippen LogP contribution in [0.5, 0.6) is 0 Å². The van der Waals surface area contributed by atoms with Gasteiger partial charge in [-0.15, -0.1) is 0 Å². The summed E-state index contributed by atoms with van der Waals surface area (Å²) in [7, 11) is 1.69. The Morgan fingerprint density at radius 1 is 1.36 bits per heavy atom. The number of rotatable bonds is 5. The molecule has 1 amide bonds. The van der Waals surface area contributed by atoms with Crippen molar-refractivity contribution in [3.05, 3.63) is 48.2 Å². The minimum Gasteiger partial charge on any atom is -0.309 e. The van der Waals surface area contributed by atoms with Gasteiger partial charge in [-0.3, -0.25) is 9.48 Å². The van der Waals surface area contributed by atoms with E-state index in [0.717, 1.165) is 15.9 Å². The SMILES string of the molecule is CC[C@H](Sc1ccc2ccccc2n1)C(=O)Nc1c(C#N)cnn1C. The van der Waals surface area contributed by atoms with Crippen LogP contribution in [0.1, 0.15) is 18.9 Å². The van der Waals surface area contributed by atoms with Gasteiger partial charge in [0.05, 0.1) is 22.0 Å². The number of nitriles is 1. The first-order valence-electron chi connectivity index (χ1n) is 7.87. The Bertz CT molecular complexity index is 959. The summed E-state index contributed by atoms with van der Waals surface area (Å²) in [6.07, 6.45) is 2.08. The molecule has 0 aliphatic carbocycles. The zero-order chi connectivity index (χ0) is 17.8. The molecule has 2 heterocycles. The number of amides is 1. The van der Waals surface area contributed by atoms with Crippen LogP contribution in [0, 0.1) is 11.3 Å². The number of pyridine rings is 1. The number of fused-ring (bicyclic) bond motifs is 1. The number of benzene rings is 1. The van der Waals surface area contributed by atoms with Gasteiger partial charge in [0.15, 0.2) is 0 Å². The summed E-state index contributed by atoms with van der Waals surface area (Å²) in [6, 6.07) is 13.8. The molecule has 1 aromatic carbocycles. The van der Waals surface area contributed by atoms with Crippen molar-refractivity contribution < 1.29 is 4.79 Å². The maximum atomic E-state index is 12.6. The third-order valence-corrected chi connectivity index (χ3v) is 5.10. The van der Waals surface area contributed by atoms with E-state index in [1.807, 2.05) is 49.4 Å². The Labute approximate surface area is 149 Å². The predicted molar refractivity (Wildman–Crippen MR) is 98.2 cm³/mol. The summed E-state index contributed by atoms with van der Waals surface area (Å²) in [5.74, 6) is 0.251. The van der Waals surface area contributed by atoms with E-state index in [4.69, 9.17) is 5.26 Å². The highest BCUT2D eigenvalue weighted by molar-refractivity contribution is 8.00. The van der Waals surface area contributed by atoms with E-state index in [1.165, 1.54) is 22.6 Å². The van der Waals surface area contributed by atoms with Gasteiger partial charge in [-0.25, -0.2) is 4.98 Å². The van der Waals surface area contributed by atoms with E-state index in [9.17, 15) is 4.79 Å². The van der Waals surface area contributed by atoms with Gasteiger partial charge in [0, 0.05) is 12.4 Å². The van der Waals surface area contributed by atoms with Crippen LogP contribution in [-0.4, -0.2) is 25.9 Å². The molecule has 0 spiro atoms. The van der Waals surface area contributed by atoms with Crippen molar-refractivity contribution in [2.75, 3.05) is 5.32 Å². The molecule has 3 aromatic rings. The molecule has 1 N–H and O–H groups in total. The van der Waals surface area contributed by atoms with Gasteiger partial charge in [-0.1, -0.05) is 43.0 Å². The van der Waals surface area contributed by atoms with Gasteiger partial charge in [0.1, 0.15) is 17.5 Å². The molecule has 0 bridgehead atoms. The minimum atomic E-state index is -0.310. The molecule has 1 atom stereocenters. The van der Waals surface area contributed by atoms with E-state index in [0.29, 0.717) is 17.8 Å². The highest BCUT2D eigenvalue weighted by Crippen LogP contribution is 2.27. The van der Waals surface area contributed by atoms with Gasteiger partial charge in [0.25, 0.3) is 0 Å². The van der Waals surface area contributed by atoms with Crippen LogP contribution in [-0.2, 0) is 11.8 Å². The number of anilines is 1. The monoisotopic (exact) mass is 351 g/mol. The summed E-state index contributed by atoms with van der Waals surface area (Å²) in [4.78, 5) is 17.2. The van der Waals surface area contributed by atoms with Crippen LogP contribution in [0.3, 0.4) is 0 Å². The first-order chi connectivity index (χ1) is 12.1. The Kier molecular flexibility index (Phi) is 5.00. The molecular formula is C18H17N5OS. The molecule has 0 unspecified atom stereocenters. The highest BCUT2D eigenvalue weighted by atomic mass is 32.2.